The van der Waals surface area contributed by atoms with Crippen molar-refractivity contribution in [3.05, 3.63) is 29.8 Å². The van der Waals surface area contributed by atoms with Gasteiger partial charge in [0.15, 0.2) is 0 Å². The average molecular weight is 429 g/mol. The number of carbonyl (C=O) groups is 1. The van der Waals surface area contributed by atoms with Crippen LogP contribution in [0.3, 0.4) is 0 Å². The first-order chi connectivity index (χ1) is 15.1. The minimum Gasteiger partial charge on any atom is -0.427 e. The molecule has 0 amide bonds. The highest BCUT2D eigenvalue weighted by atomic mass is 16.7. The highest BCUT2D eigenvalue weighted by Crippen LogP contribution is 2.44. The molecular formula is C28H44O3. The topological polar surface area (TPSA) is 35.5 Å². The van der Waals surface area contributed by atoms with Crippen molar-refractivity contribution in [1.82, 2.24) is 0 Å². The molecule has 0 unspecified atom stereocenters. The standard InChI is InChI=1S/C28H44O3/c1-3-5-8-11-23-14-16-26(17-15-23)30-27(29)31-28(20-6-4-2)21-18-25(19-22-28)24-12-9-7-10-13-24/h14-17,24-25H,3-13,18-22H2,1-2H3/t25-,28+. The van der Waals surface area contributed by atoms with E-state index in [1.807, 2.05) is 12.1 Å². The molecule has 0 bridgehead atoms. The molecule has 1 aromatic rings. The minimum absolute atomic E-state index is 0.321. The van der Waals surface area contributed by atoms with E-state index in [-0.39, 0.29) is 5.60 Å². The normalized spacial score (nSPS) is 24.6. The molecule has 3 nitrogen and oxygen atoms in total. The van der Waals surface area contributed by atoms with Crippen LogP contribution < -0.4 is 4.74 Å². The first-order valence-electron chi connectivity index (χ1n) is 13.1. The number of hydrogen-bond donors (Lipinski definition) is 0. The first-order valence-corrected chi connectivity index (χ1v) is 13.1. The van der Waals surface area contributed by atoms with Gasteiger partial charge in [0.25, 0.3) is 0 Å². The molecule has 1 aromatic carbocycles. The number of ether oxygens (including phenoxy) is 2. The van der Waals surface area contributed by atoms with Gasteiger partial charge in [0.1, 0.15) is 11.4 Å². The van der Waals surface area contributed by atoms with Crippen LogP contribution in [-0.4, -0.2) is 11.8 Å². The number of unbranched alkanes of at least 4 members (excludes halogenated alkanes) is 3. The van der Waals surface area contributed by atoms with Crippen molar-refractivity contribution in [2.75, 3.05) is 0 Å². The molecule has 2 aliphatic rings. The monoisotopic (exact) mass is 428 g/mol. The Balaban J connectivity index is 1.52. The molecule has 0 radical (unpaired) electrons. The zero-order valence-corrected chi connectivity index (χ0v) is 20.0. The lowest BCUT2D eigenvalue weighted by atomic mass is 9.68. The Labute approximate surface area is 190 Å². The molecule has 3 heteroatoms. The summed E-state index contributed by atoms with van der Waals surface area (Å²) in [7, 11) is 0. The molecule has 0 spiro atoms. The van der Waals surface area contributed by atoms with Gasteiger partial charge in [0, 0.05) is 0 Å². The predicted octanol–water partition coefficient (Wildman–Crippen LogP) is 8.63. The average Bonchev–Trinajstić information content (AvgIpc) is 2.80. The van der Waals surface area contributed by atoms with Crippen molar-refractivity contribution in [1.29, 1.82) is 0 Å². The van der Waals surface area contributed by atoms with Gasteiger partial charge in [-0.15, -0.1) is 0 Å². The van der Waals surface area contributed by atoms with Gasteiger partial charge in [0.05, 0.1) is 0 Å². The zero-order valence-electron chi connectivity index (χ0n) is 20.0. The Kier molecular flexibility index (Phi) is 9.74. The Bertz CT molecular complexity index is 637. The van der Waals surface area contributed by atoms with Crippen molar-refractivity contribution < 1.29 is 14.3 Å². The van der Waals surface area contributed by atoms with Gasteiger partial charge in [-0.1, -0.05) is 77.3 Å². The van der Waals surface area contributed by atoms with E-state index in [2.05, 4.69) is 26.0 Å². The summed E-state index contributed by atoms with van der Waals surface area (Å²) in [6.45, 7) is 4.43. The Hall–Kier alpha value is -1.51. The van der Waals surface area contributed by atoms with Gasteiger partial charge in [-0.2, -0.15) is 0 Å². The van der Waals surface area contributed by atoms with E-state index in [1.54, 1.807) is 0 Å². The van der Waals surface area contributed by atoms with Crippen molar-refractivity contribution >= 4 is 6.16 Å². The summed E-state index contributed by atoms with van der Waals surface area (Å²) in [6, 6.07) is 7.95. The van der Waals surface area contributed by atoms with Crippen LogP contribution in [0, 0.1) is 11.8 Å². The van der Waals surface area contributed by atoms with Crippen molar-refractivity contribution in [3.8, 4) is 5.75 Å². The number of carbonyl (C=O) groups excluding carboxylic acids is 1. The minimum atomic E-state index is -0.522. The van der Waals surface area contributed by atoms with E-state index < -0.39 is 6.16 Å². The number of benzene rings is 1. The van der Waals surface area contributed by atoms with Gasteiger partial charge in [0.2, 0.25) is 0 Å². The number of aryl methyl sites for hydroxylation is 1. The van der Waals surface area contributed by atoms with E-state index >= 15 is 0 Å². The quantitative estimate of drug-likeness (QED) is 0.212. The van der Waals surface area contributed by atoms with Crippen molar-refractivity contribution in [2.24, 2.45) is 11.8 Å². The Morgan fingerprint density at radius 3 is 2.16 bits per heavy atom. The first kappa shape index (κ1) is 24.1. The van der Waals surface area contributed by atoms with E-state index in [4.69, 9.17) is 9.47 Å². The third-order valence-electron chi connectivity index (χ3n) is 7.74. The molecule has 2 aliphatic carbocycles. The van der Waals surface area contributed by atoms with E-state index in [9.17, 15) is 4.79 Å². The maximum Gasteiger partial charge on any atom is 0.514 e. The zero-order chi connectivity index (χ0) is 21.9. The van der Waals surface area contributed by atoms with Crippen LogP contribution in [0.5, 0.6) is 5.75 Å². The molecule has 0 atom stereocenters. The van der Waals surface area contributed by atoms with E-state index in [0.29, 0.717) is 5.75 Å². The van der Waals surface area contributed by atoms with Crippen LogP contribution in [-0.2, 0) is 11.2 Å². The molecule has 0 heterocycles. The fraction of sp³-hybridized carbons (Fsp3) is 0.750. The molecule has 0 N–H and O–H groups in total. The largest absolute Gasteiger partial charge is 0.514 e. The summed E-state index contributed by atoms with van der Waals surface area (Å²) < 4.78 is 11.7. The second-order valence-electron chi connectivity index (χ2n) is 10.1. The van der Waals surface area contributed by atoms with E-state index in [1.165, 1.54) is 69.8 Å². The Morgan fingerprint density at radius 1 is 0.871 bits per heavy atom. The second-order valence-corrected chi connectivity index (χ2v) is 10.1. The summed E-state index contributed by atoms with van der Waals surface area (Å²) in [5.74, 6) is 2.32. The van der Waals surface area contributed by atoms with Gasteiger partial charge in [-0.05, 0) is 80.9 Å². The van der Waals surface area contributed by atoms with Crippen LogP contribution in [0.15, 0.2) is 24.3 Å². The highest BCUT2D eigenvalue weighted by molar-refractivity contribution is 5.64. The smallest absolute Gasteiger partial charge is 0.427 e. The number of rotatable bonds is 10. The lowest BCUT2D eigenvalue weighted by Crippen LogP contribution is -2.41. The van der Waals surface area contributed by atoms with Gasteiger partial charge >= 0.3 is 6.16 Å². The van der Waals surface area contributed by atoms with Crippen LogP contribution in [0.4, 0.5) is 4.79 Å². The molecule has 0 aromatic heterocycles. The summed E-state index contributed by atoms with van der Waals surface area (Å²) >= 11 is 0. The third kappa shape index (κ3) is 7.54. The fourth-order valence-electron chi connectivity index (χ4n) is 5.74. The molecule has 0 saturated heterocycles. The second kappa shape index (κ2) is 12.5. The van der Waals surface area contributed by atoms with Gasteiger partial charge in [-0.3, -0.25) is 0 Å². The molecule has 174 valence electrons. The summed E-state index contributed by atoms with van der Waals surface area (Å²) in [6.07, 6.45) is 18.9. The van der Waals surface area contributed by atoms with Crippen LogP contribution in [0.2, 0.25) is 0 Å². The van der Waals surface area contributed by atoms with Crippen molar-refractivity contribution in [3.63, 3.8) is 0 Å². The summed E-state index contributed by atoms with van der Waals surface area (Å²) in [4.78, 5) is 12.7. The lowest BCUT2D eigenvalue weighted by Gasteiger charge is -2.42. The van der Waals surface area contributed by atoms with Crippen LogP contribution in [0.25, 0.3) is 0 Å². The highest BCUT2D eigenvalue weighted by Gasteiger charge is 2.40. The maximum atomic E-state index is 12.7. The Morgan fingerprint density at radius 2 is 1.52 bits per heavy atom. The van der Waals surface area contributed by atoms with Gasteiger partial charge < -0.3 is 9.47 Å². The molecular weight excluding hydrogens is 384 g/mol. The maximum absolute atomic E-state index is 12.7. The molecule has 3 rings (SSSR count). The fourth-order valence-corrected chi connectivity index (χ4v) is 5.74. The number of hydrogen-bond acceptors (Lipinski definition) is 3. The molecule has 2 fully saturated rings. The van der Waals surface area contributed by atoms with Crippen molar-refractivity contribution in [2.45, 2.75) is 122 Å². The predicted molar refractivity (Wildman–Crippen MR) is 128 cm³/mol. The SMILES string of the molecule is CCCCCc1ccc(OC(=O)O[C@]2(CCCC)CC[C@H](C3CCCCC3)CC2)cc1. The van der Waals surface area contributed by atoms with Gasteiger partial charge in [-0.25, -0.2) is 4.79 Å². The lowest BCUT2D eigenvalue weighted by molar-refractivity contribution is -0.0582. The summed E-state index contributed by atoms with van der Waals surface area (Å²) in [5.41, 5.74) is 0.979. The molecule has 0 aliphatic heterocycles. The molecule has 2 saturated carbocycles. The molecule has 31 heavy (non-hydrogen) atoms. The van der Waals surface area contributed by atoms with Crippen LogP contribution >= 0.6 is 0 Å². The third-order valence-corrected chi connectivity index (χ3v) is 7.74. The summed E-state index contributed by atoms with van der Waals surface area (Å²) in [5, 5.41) is 0. The van der Waals surface area contributed by atoms with Crippen LogP contribution in [0.1, 0.15) is 116 Å². The van der Waals surface area contributed by atoms with E-state index in [0.717, 1.165) is 50.4 Å².